The Labute approximate surface area is 252 Å². The highest BCUT2D eigenvalue weighted by Gasteiger charge is 2.25. The van der Waals surface area contributed by atoms with Crippen molar-refractivity contribution in [2.75, 3.05) is 37.0 Å². The third-order valence-corrected chi connectivity index (χ3v) is 8.02. The van der Waals surface area contributed by atoms with Crippen molar-refractivity contribution in [3.8, 4) is 22.5 Å². The van der Waals surface area contributed by atoms with E-state index in [4.69, 9.17) is 10.2 Å². The van der Waals surface area contributed by atoms with Crippen LogP contribution in [0, 0.1) is 5.82 Å². The van der Waals surface area contributed by atoms with Gasteiger partial charge in [0.05, 0.1) is 29.5 Å². The first-order valence-electron chi connectivity index (χ1n) is 13.5. The summed E-state index contributed by atoms with van der Waals surface area (Å²) in [5.41, 5.74) is 11.1. The van der Waals surface area contributed by atoms with Crippen LogP contribution < -0.4 is 20.7 Å². The van der Waals surface area contributed by atoms with E-state index in [1.54, 1.807) is 24.3 Å². The number of amides is 2. The molecule has 8 nitrogen and oxygen atoms in total. The number of carbonyl (C=O) groups excluding carboxylic acids is 2. The molecule has 0 bridgehead atoms. The predicted molar refractivity (Wildman–Crippen MR) is 170 cm³/mol. The highest BCUT2D eigenvalue weighted by atomic mass is 32.2. The first-order chi connectivity index (χ1) is 20.7. The number of aliphatic hydroxyl groups excluding tert-OH is 1. The van der Waals surface area contributed by atoms with E-state index in [2.05, 4.69) is 10.6 Å². The minimum atomic E-state index is -0.614. The third kappa shape index (κ3) is 5.93. The Morgan fingerprint density at radius 2 is 1.70 bits per heavy atom. The van der Waals surface area contributed by atoms with Gasteiger partial charge in [-0.15, -0.1) is 0 Å². The first kappa shape index (κ1) is 29.7. The molecular formula is C33H31FN4O4S. The van der Waals surface area contributed by atoms with Crippen molar-refractivity contribution in [3.05, 3.63) is 107 Å². The minimum absolute atomic E-state index is 0.246. The number of nitrogen functional groups attached to an aromatic ring is 1. The number of halogens is 1. The number of aliphatic hydroxyl groups is 1. The normalized spacial score (nSPS) is 11.7. The molecule has 5 aromatic rings. The van der Waals surface area contributed by atoms with Gasteiger partial charge in [-0.05, 0) is 53.6 Å². The Morgan fingerprint density at radius 3 is 2.35 bits per heavy atom. The van der Waals surface area contributed by atoms with Crippen LogP contribution in [0.4, 0.5) is 15.8 Å². The lowest BCUT2D eigenvalue weighted by Crippen LogP contribution is -2.31. The predicted octanol–water partition coefficient (Wildman–Crippen LogP) is 6.03. The molecule has 0 aliphatic heterocycles. The molecule has 2 amide bonds. The molecule has 0 saturated carbocycles. The number of carbonyl (C=O) groups is 2. The smallest absolute Gasteiger partial charge is 0.255 e. The zero-order valence-corrected chi connectivity index (χ0v) is 24.7. The van der Waals surface area contributed by atoms with Crippen LogP contribution in [0.5, 0.6) is 0 Å². The maximum atomic E-state index is 13.7. The number of nitrogens with zero attached hydrogens (tertiary/aromatic N) is 1. The van der Waals surface area contributed by atoms with Crippen molar-refractivity contribution >= 4 is 46.1 Å². The molecule has 4 aromatic carbocycles. The number of anilines is 2. The van der Waals surface area contributed by atoms with Gasteiger partial charge in [0, 0.05) is 48.6 Å². The van der Waals surface area contributed by atoms with Gasteiger partial charge in [-0.25, -0.2) is 4.39 Å². The fourth-order valence-electron chi connectivity index (χ4n) is 4.95. The van der Waals surface area contributed by atoms with E-state index in [0.717, 1.165) is 16.8 Å². The summed E-state index contributed by atoms with van der Waals surface area (Å²) in [5.74, 6) is -0.873. The van der Waals surface area contributed by atoms with Crippen molar-refractivity contribution in [3.63, 3.8) is 0 Å². The van der Waals surface area contributed by atoms with Gasteiger partial charge < -0.3 is 30.2 Å². The quantitative estimate of drug-likeness (QED) is 0.121. The lowest BCUT2D eigenvalue weighted by molar-refractivity contribution is 0.0916. The van der Waals surface area contributed by atoms with Crippen LogP contribution in [-0.4, -0.2) is 43.9 Å². The van der Waals surface area contributed by atoms with E-state index in [1.165, 1.54) is 31.1 Å². The average molecular weight is 599 g/mol. The number of nitrogens with two attached hydrogens (primary N) is 1. The Bertz CT molecular complexity index is 1790. The molecule has 0 saturated heterocycles. The Hall–Kier alpha value is -4.80. The molecule has 1 heterocycles. The van der Waals surface area contributed by atoms with Crippen LogP contribution in [0.15, 0.2) is 89.3 Å². The highest BCUT2D eigenvalue weighted by Crippen LogP contribution is 2.42. The van der Waals surface area contributed by atoms with Crippen molar-refractivity contribution in [2.45, 2.75) is 6.04 Å². The fourth-order valence-corrected chi connectivity index (χ4v) is 5.30. The molecule has 1 unspecified atom stereocenters. The van der Waals surface area contributed by atoms with Crippen LogP contribution in [0.1, 0.15) is 32.3 Å². The first-order valence-corrected chi connectivity index (χ1v) is 14.7. The second-order valence-corrected chi connectivity index (χ2v) is 10.8. The van der Waals surface area contributed by atoms with Crippen LogP contribution >= 0.6 is 11.9 Å². The van der Waals surface area contributed by atoms with Crippen LogP contribution in [0.2, 0.25) is 0 Å². The Morgan fingerprint density at radius 1 is 1.00 bits per heavy atom. The van der Waals surface area contributed by atoms with Crippen LogP contribution in [0.3, 0.4) is 0 Å². The Balaban J connectivity index is 1.65. The third-order valence-electron chi connectivity index (χ3n) is 7.28. The molecule has 1 atom stereocenters. The number of benzene rings is 4. The summed E-state index contributed by atoms with van der Waals surface area (Å²) in [6.45, 7) is -0.284. The molecule has 5 N–H and O–H groups in total. The lowest BCUT2D eigenvalue weighted by atomic mass is 9.96. The molecule has 0 aliphatic rings. The zero-order valence-electron chi connectivity index (χ0n) is 23.9. The Kier molecular flexibility index (Phi) is 8.70. The van der Waals surface area contributed by atoms with Crippen molar-refractivity contribution < 1.29 is 23.5 Å². The molecular weight excluding hydrogens is 567 g/mol. The summed E-state index contributed by atoms with van der Waals surface area (Å²) in [6, 6.07) is 23.2. The SMILES string of the molecule is CNC(=O)c1c(-c2ccc(F)cc2)oc2cc(N(C)SC)c(-c3ccc(N)c(C(=O)NC(CO)c4ccccc4)c3)cc12. The second kappa shape index (κ2) is 12.6. The standard InChI is InChI=1S/C33H31FN4O4S/c1-36-33(41)30-25-16-23(28(38(2)43-3)17-29(25)42-31(30)20-9-12-22(34)13-10-20)21-11-14-26(35)24(15-21)32(40)37-27(18-39)19-7-5-4-6-8-19/h4-17,27,39H,18,35H2,1-3H3,(H,36,41)(H,37,40). The number of fused-ring (bicyclic) bond motifs is 1. The van der Waals surface area contributed by atoms with Crippen molar-refractivity contribution in [1.29, 1.82) is 0 Å². The molecule has 0 aliphatic carbocycles. The molecule has 220 valence electrons. The topological polar surface area (TPSA) is 121 Å². The number of rotatable bonds is 9. The molecule has 43 heavy (non-hydrogen) atoms. The summed E-state index contributed by atoms with van der Waals surface area (Å²) in [6.07, 6.45) is 1.93. The summed E-state index contributed by atoms with van der Waals surface area (Å²) < 4.78 is 21.9. The van der Waals surface area contributed by atoms with E-state index >= 15 is 0 Å². The van der Waals surface area contributed by atoms with Gasteiger partial charge in [0.2, 0.25) is 0 Å². The van der Waals surface area contributed by atoms with E-state index in [9.17, 15) is 19.1 Å². The number of hydrogen-bond donors (Lipinski definition) is 4. The van der Waals surface area contributed by atoms with Crippen molar-refractivity contribution in [2.24, 2.45) is 0 Å². The molecule has 5 rings (SSSR count). The summed E-state index contributed by atoms with van der Waals surface area (Å²) in [5, 5.41) is 16.1. The van der Waals surface area contributed by atoms with Gasteiger partial charge in [-0.3, -0.25) is 9.59 Å². The maximum Gasteiger partial charge on any atom is 0.255 e. The maximum absolute atomic E-state index is 13.7. The van der Waals surface area contributed by atoms with E-state index in [0.29, 0.717) is 33.4 Å². The number of nitrogens with one attached hydrogen (secondary N) is 2. The summed E-state index contributed by atoms with van der Waals surface area (Å²) >= 11 is 1.48. The fraction of sp³-hybridized carbons (Fsp3) is 0.152. The highest BCUT2D eigenvalue weighted by molar-refractivity contribution is 7.99. The molecule has 10 heteroatoms. The van der Waals surface area contributed by atoms with Gasteiger partial charge in [0.1, 0.15) is 17.2 Å². The van der Waals surface area contributed by atoms with Gasteiger partial charge in [0.15, 0.2) is 0 Å². The van der Waals surface area contributed by atoms with Gasteiger partial charge >= 0.3 is 0 Å². The van der Waals surface area contributed by atoms with Gasteiger partial charge in [-0.1, -0.05) is 48.3 Å². The summed E-state index contributed by atoms with van der Waals surface area (Å²) in [4.78, 5) is 26.6. The summed E-state index contributed by atoms with van der Waals surface area (Å²) in [7, 11) is 3.43. The zero-order chi connectivity index (χ0) is 30.7. The monoisotopic (exact) mass is 598 g/mol. The van der Waals surface area contributed by atoms with E-state index < -0.39 is 17.8 Å². The van der Waals surface area contributed by atoms with E-state index in [1.807, 2.05) is 66.1 Å². The minimum Gasteiger partial charge on any atom is -0.455 e. The molecule has 1 aromatic heterocycles. The molecule has 0 radical (unpaired) electrons. The van der Waals surface area contributed by atoms with Crippen molar-refractivity contribution in [1.82, 2.24) is 10.6 Å². The van der Waals surface area contributed by atoms with Crippen LogP contribution in [0.25, 0.3) is 33.4 Å². The van der Waals surface area contributed by atoms with Gasteiger partial charge in [0.25, 0.3) is 11.8 Å². The lowest BCUT2D eigenvalue weighted by Gasteiger charge is -2.21. The van der Waals surface area contributed by atoms with E-state index in [-0.39, 0.29) is 23.8 Å². The largest absolute Gasteiger partial charge is 0.455 e. The average Bonchev–Trinajstić information content (AvgIpc) is 3.41. The number of furan rings is 1. The second-order valence-electron chi connectivity index (χ2n) is 9.86. The number of hydrogen-bond acceptors (Lipinski definition) is 7. The van der Waals surface area contributed by atoms with Gasteiger partial charge in [-0.2, -0.15) is 0 Å². The molecule has 0 spiro atoms. The van der Waals surface area contributed by atoms with Crippen LogP contribution in [-0.2, 0) is 0 Å². The molecule has 0 fully saturated rings.